The summed E-state index contributed by atoms with van der Waals surface area (Å²) in [4.78, 5) is 11.9. The first-order valence-electron chi connectivity index (χ1n) is 6.84. The Labute approximate surface area is 125 Å². The van der Waals surface area contributed by atoms with Gasteiger partial charge in [-0.15, -0.1) is 0 Å². The molecule has 1 aromatic rings. The lowest BCUT2D eigenvalue weighted by Crippen LogP contribution is -2.37. The Hall–Kier alpha value is -1.47. The van der Waals surface area contributed by atoms with Crippen molar-refractivity contribution in [3.8, 4) is 0 Å². The second kappa shape index (κ2) is 8.09. The van der Waals surface area contributed by atoms with Crippen LogP contribution in [-0.2, 0) is 21.2 Å². The second-order valence-electron chi connectivity index (χ2n) is 4.80. The summed E-state index contributed by atoms with van der Waals surface area (Å²) in [5.41, 5.74) is 0.473. The van der Waals surface area contributed by atoms with Gasteiger partial charge in [-0.3, -0.25) is 4.79 Å². The van der Waals surface area contributed by atoms with E-state index in [-0.39, 0.29) is 30.4 Å². The minimum Gasteiger partial charge on any atom is -0.355 e. The Morgan fingerprint density at radius 1 is 1.33 bits per heavy atom. The van der Waals surface area contributed by atoms with Gasteiger partial charge >= 0.3 is 0 Å². The molecule has 0 heterocycles. The fourth-order valence-corrected chi connectivity index (χ4v) is 2.82. The molecule has 0 saturated carbocycles. The number of sulfonamides is 1. The molecule has 0 aliphatic carbocycles. The van der Waals surface area contributed by atoms with Crippen molar-refractivity contribution in [3.05, 3.63) is 35.6 Å². The number of hydrogen-bond acceptors (Lipinski definition) is 3. The van der Waals surface area contributed by atoms with Crippen molar-refractivity contribution >= 4 is 15.9 Å². The molecule has 0 saturated heterocycles. The average molecular weight is 316 g/mol. The predicted molar refractivity (Wildman–Crippen MR) is 79.7 cm³/mol. The molecule has 7 heteroatoms. The van der Waals surface area contributed by atoms with Crippen LogP contribution in [0.3, 0.4) is 0 Å². The summed E-state index contributed by atoms with van der Waals surface area (Å²) in [6.07, 6.45) is 0.276. The standard InChI is InChI=1S/C14H21FN2O3S/c1-3-17-21(19,20)9-8-16-14(18)11(2)10-12-6-4-5-7-13(12)15/h4-7,11,17H,3,8-10H2,1-2H3,(H,16,18)/t11-/m1/s1. The van der Waals surface area contributed by atoms with Gasteiger partial charge in [-0.1, -0.05) is 32.0 Å². The number of carbonyl (C=O) groups is 1. The van der Waals surface area contributed by atoms with Crippen LogP contribution in [0.1, 0.15) is 19.4 Å². The molecule has 0 spiro atoms. The quantitative estimate of drug-likeness (QED) is 0.753. The molecule has 0 aliphatic heterocycles. The molecule has 0 unspecified atom stereocenters. The molecule has 1 aromatic carbocycles. The van der Waals surface area contributed by atoms with Crippen molar-refractivity contribution < 1.29 is 17.6 Å². The number of hydrogen-bond donors (Lipinski definition) is 2. The number of halogens is 1. The highest BCUT2D eigenvalue weighted by Gasteiger charge is 2.16. The average Bonchev–Trinajstić information content (AvgIpc) is 2.40. The fourth-order valence-electron chi connectivity index (χ4n) is 1.86. The monoisotopic (exact) mass is 316 g/mol. The molecule has 118 valence electrons. The lowest BCUT2D eigenvalue weighted by atomic mass is 10.00. The molecule has 0 aliphatic rings. The van der Waals surface area contributed by atoms with Gasteiger partial charge in [-0.05, 0) is 18.1 Å². The highest BCUT2D eigenvalue weighted by molar-refractivity contribution is 7.89. The fraction of sp³-hybridized carbons (Fsp3) is 0.500. The van der Waals surface area contributed by atoms with Crippen LogP contribution in [0.2, 0.25) is 0 Å². The number of nitrogens with one attached hydrogen (secondary N) is 2. The topological polar surface area (TPSA) is 75.3 Å². The van der Waals surface area contributed by atoms with Gasteiger partial charge in [0, 0.05) is 19.0 Å². The first kappa shape index (κ1) is 17.6. The van der Waals surface area contributed by atoms with E-state index in [1.807, 2.05) is 0 Å². The van der Waals surface area contributed by atoms with E-state index in [2.05, 4.69) is 10.0 Å². The van der Waals surface area contributed by atoms with Crippen LogP contribution in [0, 0.1) is 11.7 Å². The molecule has 1 rings (SSSR count). The first-order valence-corrected chi connectivity index (χ1v) is 8.49. The van der Waals surface area contributed by atoms with Crippen LogP contribution < -0.4 is 10.0 Å². The Morgan fingerprint density at radius 3 is 2.62 bits per heavy atom. The Bertz CT molecular complexity index is 575. The maximum atomic E-state index is 13.5. The third-order valence-corrected chi connectivity index (χ3v) is 4.44. The number of benzene rings is 1. The normalized spacial score (nSPS) is 12.9. The van der Waals surface area contributed by atoms with E-state index in [0.717, 1.165) is 0 Å². The first-order chi connectivity index (χ1) is 9.85. The number of amides is 1. The summed E-state index contributed by atoms with van der Waals surface area (Å²) in [6.45, 7) is 3.73. The molecule has 5 nitrogen and oxygen atoms in total. The molecule has 0 radical (unpaired) electrons. The van der Waals surface area contributed by atoms with E-state index in [1.165, 1.54) is 6.07 Å². The van der Waals surface area contributed by atoms with Gasteiger partial charge in [0.1, 0.15) is 5.82 Å². The summed E-state index contributed by atoms with van der Waals surface area (Å²) in [5.74, 6) is -1.22. The van der Waals surface area contributed by atoms with Crippen molar-refractivity contribution in [2.75, 3.05) is 18.8 Å². The maximum absolute atomic E-state index is 13.5. The summed E-state index contributed by atoms with van der Waals surface area (Å²) in [7, 11) is -3.34. The molecule has 21 heavy (non-hydrogen) atoms. The van der Waals surface area contributed by atoms with Crippen molar-refractivity contribution in [3.63, 3.8) is 0 Å². The number of rotatable bonds is 8. The molecule has 0 bridgehead atoms. The van der Waals surface area contributed by atoms with Gasteiger partial charge < -0.3 is 5.32 Å². The van der Waals surface area contributed by atoms with Gasteiger partial charge in [-0.2, -0.15) is 0 Å². The van der Waals surface area contributed by atoms with E-state index in [1.54, 1.807) is 32.0 Å². The third-order valence-electron chi connectivity index (χ3n) is 2.97. The van der Waals surface area contributed by atoms with Gasteiger partial charge in [0.05, 0.1) is 5.75 Å². The van der Waals surface area contributed by atoms with Crippen molar-refractivity contribution in [2.45, 2.75) is 20.3 Å². The minimum atomic E-state index is -3.34. The van der Waals surface area contributed by atoms with Gasteiger partial charge in [-0.25, -0.2) is 17.5 Å². The zero-order valence-electron chi connectivity index (χ0n) is 12.2. The predicted octanol–water partition coefficient (Wildman–Crippen LogP) is 1.06. The van der Waals surface area contributed by atoms with Crippen molar-refractivity contribution in [2.24, 2.45) is 5.92 Å². The van der Waals surface area contributed by atoms with Crippen molar-refractivity contribution in [1.29, 1.82) is 0 Å². The lowest BCUT2D eigenvalue weighted by Gasteiger charge is -2.13. The Morgan fingerprint density at radius 2 is 2.00 bits per heavy atom. The van der Waals surface area contributed by atoms with Gasteiger partial charge in [0.2, 0.25) is 15.9 Å². The highest BCUT2D eigenvalue weighted by atomic mass is 32.2. The second-order valence-corrected chi connectivity index (χ2v) is 6.73. The van der Waals surface area contributed by atoms with E-state index < -0.39 is 15.9 Å². The molecular formula is C14H21FN2O3S. The SMILES string of the molecule is CCNS(=O)(=O)CCNC(=O)[C@H](C)Cc1ccccc1F. The van der Waals surface area contributed by atoms with Crippen LogP contribution in [-0.4, -0.2) is 33.2 Å². The molecule has 2 N–H and O–H groups in total. The summed E-state index contributed by atoms with van der Waals surface area (Å²) >= 11 is 0. The Kier molecular flexibility index (Phi) is 6.77. The zero-order chi connectivity index (χ0) is 15.9. The van der Waals surface area contributed by atoms with E-state index >= 15 is 0 Å². The summed E-state index contributed by atoms with van der Waals surface area (Å²) < 4.78 is 38.6. The maximum Gasteiger partial charge on any atom is 0.223 e. The van der Waals surface area contributed by atoms with Crippen LogP contribution in [0.25, 0.3) is 0 Å². The smallest absolute Gasteiger partial charge is 0.223 e. The van der Waals surface area contributed by atoms with Crippen LogP contribution in [0.15, 0.2) is 24.3 Å². The summed E-state index contributed by atoms with van der Waals surface area (Å²) in [6, 6.07) is 6.29. The largest absolute Gasteiger partial charge is 0.355 e. The van der Waals surface area contributed by atoms with E-state index in [9.17, 15) is 17.6 Å². The minimum absolute atomic E-state index is 0.0375. The van der Waals surface area contributed by atoms with E-state index in [0.29, 0.717) is 12.1 Å². The van der Waals surface area contributed by atoms with Crippen LogP contribution >= 0.6 is 0 Å². The molecule has 1 atom stereocenters. The van der Waals surface area contributed by atoms with Gasteiger partial charge in [0.15, 0.2) is 0 Å². The molecule has 0 fully saturated rings. The van der Waals surface area contributed by atoms with Crippen LogP contribution in [0.5, 0.6) is 0 Å². The van der Waals surface area contributed by atoms with Crippen molar-refractivity contribution in [1.82, 2.24) is 10.0 Å². The van der Waals surface area contributed by atoms with Crippen LogP contribution in [0.4, 0.5) is 4.39 Å². The van der Waals surface area contributed by atoms with E-state index in [4.69, 9.17) is 0 Å². The Balaban J connectivity index is 2.44. The molecular weight excluding hydrogens is 295 g/mol. The molecule has 1 amide bonds. The number of carbonyl (C=O) groups excluding carboxylic acids is 1. The zero-order valence-corrected chi connectivity index (χ0v) is 13.0. The lowest BCUT2D eigenvalue weighted by molar-refractivity contribution is -0.124. The summed E-state index contributed by atoms with van der Waals surface area (Å²) in [5, 5.41) is 2.56. The highest BCUT2D eigenvalue weighted by Crippen LogP contribution is 2.12. The molecule has 0 aromatic heterocycles. The third kappa shape index (κ3) is 6.22. The van der Waals surface area contributed by atoms with Gasteiger partial charge in [0.25, 0.3) is 0 Å².